The topological polar surface area (TPSA) is 21.2 Å². The van der Waals surface area contributed by atoms with E-state index >= 15 is 0 Å². The second-order valence-electron chi connectivity index (χ2n) is 4.12. The van der Waals surface area contributed by atoms with Gasteiger partial charge in [-0.1, -0.05) is 39.9 Å². The molecule has 1 aromatic carbocycles. The maximum atomic E-state index is 4.56. The molecule has 0 N–H and O–H groups in total. The molecule has 4 heteroatoms. The van der Waals surface area contributed by atoms with Crippen LogP contribution in [-0.4, -0.2) is 15.9 Å². The molecule has 2 aromatic heterocycles. The van der Waals surface area contributed by atoms with E-state index in [0.717, 1.165) is 10.7 Å². The minimum Gasteiger partial charge on any atom is -0.224 e. The first kappa shape index (κ1) is 11.3. The highest BCUT2D eigenvalue weighted by atomic mass is 32.2. The standard InChI is InChI=1S/C14H14N3S/c1-16-12(11-6-4-3-5-7-11)10-17-14(16)9-8-13(15-17)18-2/h3-10H,1-2H3/q+1. The van der Waals surface area contributed by atoms with E-state index in [9.17, 15) is 0 Å². The third kappa shape index (κ3) is 1.78. The van der Waals surface area contributed by atoms with Crippen LogP contribution < -0.4 is 4.57 Å². The Morgan fingerprint density at radius 2 is 1.89 bits per heavy atom. The lowest BCUT2D eigenvalue weighted by Gasteiger charge is -1.95. The van der Waals surface area contributed by atoms with Gasteiger partial charge in [-0.3, -0.25) is 0 Å². The number of fused-ring (bicyclic) bond motifs is 1. The molecule has 0 radical (unpaired) electrons. The summed E-state index contributed by atoms with van der Waals surface area (Å²) in [6, 6.07) is 14.5. The van der Waals surface area contributed by atoms with Crippen molar-refractivity contribution >= 4 is 17.4 Å². The zero-order valence-corrected chi connectivity index (χ0v) is 11.2. The lowest BCUT2D eigenvalue weighted by atomic mass is 10.2. The van der Waals surface area contributed by atoms with Crippen LogP contribution in [0.15, 0.2) is 53.7 Å². The van der Waals surface area contributed by atoms with E-state index in [1.165, 1.54) is 11.3 Å². The fourth-order valence-corrected chi connectivity index (χ4v) is 2.46. The molecule has 0 bridgehead atoms. The number of thioether (sulfide) groups is 1. The van der Waals surface area contributed by atoms with Crippen molar-refractivity contribution in [2.24, 2.45) is 7.05 Å². The van der Waals surface area contributed by atoms with E-state index in [1.807, 2.05) is 16.8 Å². The maximum Gasteiger partial charge on any atom is 0.307 e. The van der Waals surface area contributed by atoms with Gasteiger partial charge in [-0.05, 0) is 12.3 Å². The molecule has 0 aliphatic heterocycles. The minimum absolute atomic E-state index is 1.03. The molecule has 3 aromatic rings. The van der Waals surface area contributed by atoms with Gasteiger partial charge in [0, 0.05) is 11.6 Å². The van der Waals surface area contributed by atoms with Gasteiger partial charge in [-0.25, -0.2) is 4.57 Å². The van der Waals surface area contributed by atoms with E-state index in [-0.39, 0.29) is 0 Å². The molecular formula is C14H14N3S+. The number of benzene rings is 1. The number of aromatic nitrogens is 3. The molecule has 0 saturated heterocycles. The summed E-state index contributed by atoms with van der Waals surface area (Å²) >= 11 is 1.65. The van der Waals surface area contributed by atoms with Crippen LogP contribution in [0.25, 0.3) is 16.9 Å². The Labute approximate surface area is 110 Å². The molecular weight excluding hydrogens is 242 g/mol. The molecule has 0 amide bonds. The Bertz CT molecular complexity index is 689. The second kappa shape index (κ2) is 4.46. The van der Waals surface area contributed by atoms with E-state index in [0.29, 0.717) is 0 Å². The zero-order valence-electron chi connectivity index (χ0n) is 10.4. The normalized spacial score (nSPS) is 11.0. The van der Waals surface area contributed by atoms with Crippen LogP contribution in [0.4, 0.5) is 0 Å². The Morgan fingerprint density at radius 1 is 1.11 bits per heavy atom. The van der Waals surface area contributed by atoms with Crippen molar-refractivity contribution < 1.29 is 4.57 Å². The van der Waals surface area contributed by atoms with Crippen LogP contribution in [0.1, 0.15) is 0 Å². The molecule has 0 atom stereocenters. The van der Waals surface area contributed by atoms with Gasteiger partial charge in [-0.15, -0.1) is 11.8 Å². The third-order valence-corrected chi connectivity index (χ3v) is 3.68. The van der Waals surface area contributed by atoms with Crippen LogP contribution >= 0.6 is 11.8 Å². The summed E-state index contributed by atoms with van der Waals surface area (Å²) in [4.78, 5) is 0. The molecule has 90 valence electrons. The van der Waals surface area contributed by atoms with Gasteiger partial charge >= 0.3 is 5.65 Å². The average Bonchev–Trinajstić information content (AvgIpc) is 2.76. The number of aryl methyl sites for hydroxylation is 1. The fourth-order valence-electron chi connectivity index (χ4n) is 2.09. The first-order valence-electron chi connectivity index (χ1n) is 5.77. The Morgan fingerprint density at radius 3 is 2.61 bits per heavy atom. The second-order valence-corrected chi connectivity index (χ2v) is 4.94. The molecule has 3 nitrogen and oxygen atoms in total. The van der Waals surface area contributed by atoms with Crippen LogP contribution in [0.5, 0.6) is 0 Å². The Balaban J connectivity index is 2.23. The molecule has 0 unspecified atom stereocenters. The Kier molecular flexibility index (Phi) is 2.80. The first-order valence-corrected chi connectivity index (χ1v) is 7.00. The lowest BCUT2D eigenvalue weighted by molar-refractivity contribution is -0.633. The van der Waals surface area contributed by atoms with Gasteiger partial charge in [0.25, 0.3) is 0 Å². The highest BCUT2D eigenvalue weighted by Gasteiger charge is 2.16. The smallest absolute Gasteiger partial charge is 0.224 e. The van der Waals surface area contributed by atoms with Crippen molar-refractivity contribution in [3.8, 4) is 11.3 Å². The highest BCUT2D eigenvalue weighted by molar-refractivity contribution is 7.98. The van der Waals surface area contributed by atoms with E-state index in [4.69, 9.17) is 0 Å². The largest absolute Gasteiger partial charge is 0.307 e. The van der Waals surface area contributed by atoms with Gasteiger partial charge in [0.15, 0.2) is 11.9 Å². The maximum absolute atomic E-state index is 4.56. The van der Waals surface area contributed by atoms with Gasteiger partial charge in [0.1, 0.15) is 5.03 Å². The molecule has 3 rings (SSSR count). The summed E-state index contributed by atoms with van der Waals surface area (Å²) in [5.74, 6) is 0. The summed E-state index contributed by atoms with van der Waals surface area (Å²) in [6.45, 7) is 0. The van der Waals surface area contributed by atoms with Crippen LogP contribution in [-0.2, 0) is 7.05 Å². The predicted molar refractivity (Wildman–Crippen MR) is 73.6 cm³/mol. The van der Waals surface area contributed by atoms with Crippen LogP contribution in [0, 0.1) is 0 Å². The first-order chi connectivity index (χ1) is 8.79. The molecule has 0 aliphatic rings. The molecule has 0 aliphatic carbocycles. The van der Waals surface area contributed by atoms with Crippen LogP contribution in [0.3, 0.4) is 0 Å². The summed E-state index contributed by atoms with van der Waals surface area (Å²) < 4.78 is 4.10. The van der Waals surface area contributed by atoms with Gasteiger partial charge < -0.3 is 0 Å². The number of imidazole rings is 1. The summed E-state index contributed by atoms with van der Waals surface area (Å²) in [7, 11) is 2.07. The summed E-state index contributed by atoms with van der Waals surface area (Å²) in [6.07, 6.45) is 4.11. The molecule has 0 saturated carbocycles. The van der Waals surface area contributed by atoms with Crippen molar-refractivity contribution in [3.05, 3.63) is 48.7 Å². The quantitative estimate of drug-likeness (QED) is 0.519. The predicted octanol–water partition coefficient (Wildman–Crippen LogP) is 2.55. The molecule has 2 heterocycles. The molecule has 0 spiro atoms. The van der Waals surface area contributed by atoms with Crippen LogP contribution in [0.2, 0.25) is 0 Å². The van der Waals surface area contributed by atoms with Gasteiger partial charge in [-0.2, -0.15) is 0 Å². The van der Waals surface area contributed by atoms with E-state index in [1.54, 1.807) is 11.8 Å². The average molecular weight is 256 g/mol. The Hall–Kier alpha value is -1.81. The lowest BCUT2D eigenvalue weighted by Crippen LogP contribution is -2.29. The van der Waals surface area contributed by atoms with Crippen molar-refractivity contribution in [2.45, 2.75) is 5.03 Å². The monoisotopic (exact) mass is 256 g/mol. The summed E-state index contributed by atoms with van der Waals surface area (Å²) in [5.41, 5.74) is 3.46. The van der Waals surface area contributed by atoms with Gasteiger partial charge in [0.2, 0.25) is 0 Å². The zero-order chi connectivity index (χ0) is 12.5. The van der Waals surface area contributed by atoms with Crippen molar-refractivity contribution in [3.63, 3.8) is 0 Å². The molecule has 0 fully saturated rings. The van der Waals surface area contributed by atoms with Crippen molar-refractivity contribution in [1.82, 2.24) is 9.61 Å². The highest BCUT2D eigenvalue weighted by Crippen LogP contribution is 2.17. The third-order valence-electron chi connectivity index (χ3n) is 3.04. The SMILES string of the molecule is CSc1ccc2n(cc(-c3ccccc3)[n+]2C)n1. The van der Waals surface area contributed by atoms with E-state index < -0.39 is 0 Å². The van der Waals surface area contributed by atoms with Crippen molar-refractivity contribution in [2.75, 3.05) is 6.26 Å². The van der Waals surface area contributed by atoms with E-state index in [2.05, 4.69) is 59.3 Å². The van der Waals surface area contributed by atoms with Gasteiger partial charge in [0.05, 0.1) is 7.05 Å². The fraction of sp³-hybridized carbons (Fsp3) is 0.143. The number of hydrogen-bond donors (Lipinski definition) is 0. The number of nitrogens with zero attached hydrogens (tertiary/aromatic N) is 3. The molecule has 18 heavy (non-hydrogen) atoms. The minimum atomic E-state index is 1.03. The van der Waals surface area contributed by atoms with Crippen molar-refractivity contribution in [1.29, 1.82) is 0 Å². The summed E-state index contributed by atoms with van der Waals surface area (Å²) in [5, 5.41) is 5.59. The number of rotatable bonds is 2. The number of hydrogen-bond acceptors (Lipinski definition) is 2.